The summed E-state index contributed by atoms with van der Waals surface area (Å²) in [6.45, 7) is 18.0. The standard InChI is InChI=1S/C28H45BrO4Si/c1-27(2,3)34(7,8)32-21-28(4,5)15-13-25-17-23(19-29)18-26(33-25)14-16-31-20-22-9-11-24(30-6)12-10-22/h9-13,15,19,25-26H,14,16-18,20-21H2,1-8H3/b15-13+,23-19+/t25-,26+/m0/s1. The van der Waals surface area contributed by atoms with Crippen LogP contribution in [-0.4, -0.2) is 40.8 Å². The molecule has 0 bridgehead atoms. The van der Waals surface area contributed by atoms with Crippen molar-refractivity contribution < 1.29 is 18.6 Å². The summed E-state index contributed by atoms with van der Waals surface area (Å²) < 4.78 is 24.0. The van der Waals surface area contributed by atoms with Crippen molar-refractivity contribution in [2.75, 3.05) is 20.3 Å². The van der Waals surface area contributed by atoms with Gasteiger partial charge in [-0.25, -0.2) is 0 Å². The first-order chi connectivity index (χ1) is 15.8. The molecule has 4 nitrogen and oxygen atoms in total. The maximum atomic E-state index is 6.48. The van der Waals surface area contributed by atoms with E-state index in [-0.39, 0.29) is 22.7 Å². The van der Waals surface area contributed by atoms with Crippen LogP contribution in [0.25, 0.3) is 0 Å². The lowest BCUT2D eigenvalue weighted by Gasteiger charge is -2.38. The van der Waals surface area contributed by atoms with E-state index in [2.05, 4.69) is 80.8 Å². The zero-order chi connectivity index (χ0) is 25.4. The highest BCUT2D eigenvalue weighted by atomic mass is 79.9. The Bertz CT molecular complexity index is 809. The molecule has 2 atom stereocenters. The fraction of sp³-hybridized carbons (Fsp3) is 0.643. The molecule has 0 spiro atoms. The second-order valence-electron chi connectivity index (χ2n) is 11.6. The largest absolute Gasteiger partial charge is 0.497 e. The van der Waals surface area contributed by atoms with Gasteiger partial charge in [-0.3, -0.25) is 0 Å². The minimum atomic E-state index is -1.76. The van der Waals surface area contributed by atoms with E-state index in [0.29, 0.717) is 13.2 Å². The van der Waals surface area contributed by atoms with Crippen molar-refractivity contribution in [2.45, 2.75) is 90.8 Å². The number of hydrogen-bond acceptors (Lipinski definition) is 4. The Hall–Kier alpha value is -0.923. The van der Waals surface area contributed by atoms with E-state index < -0.39 is 8.32 Å². The van der Waals surface area contributed by atoms with Gasteiger partial charge in [0.1, 0.15) is 5.75 Å². The predicted octanol–water partition coefficient (Wildman–Crippen LogP) is 8.03. The molecule has 1 aliphatic heterocycles. The van der Waals surface area contributed by atoms with Gasteiger partial charge in [-0.1, -0.05) is 80.4 Å². The number of benzene rings is 1. The first-order valence-corrected chi connectivity index (χ1v) is 16.2. The Morgan fingerprint density at radius 3 is 2.35 bits per heavy atom. The second-order valence-corrected chi connectivity index (χ2v) is 16.8. The molecule has 0 aromatic heterocycles. The molecule has 1 aromatic rings. The summed E-state index contributed by atoms with van der Waals surface area (Å²) >= 11 is 3.55. The van der Waals surface area contributed by atoms with Crippen molar-refractivity contribution in [1.82, 2.24) is 0 Å². The first-order valence-electron chi connectivity index (χ1n) is 12.3. The summed E-state index contributed by atoms with van der Waals surface area (Å²) in [6.07, 6.45) is 7.49. The van der Waals surface area contributed by atoms with Gasteiger partial charge in [0, 0.05) is 18.6 Å². The predicted molar refractivity (Wildman–Crippen MR) is 148 cm³/mol. The monoisotopic (exact) mass is 552 g/mol. The van der Waals surface area contributed by atoms with Crippen molar-refractivity contribution in [2.24, 2.45) is 5.41 Å². The second kappa shape index (κ2) is 12.9. The third-order valence-corrected chi connectivity index (χ3v) is 12.0. The van der Waals surface area contributed by atoms with E-state index in [0.717, 1.165) is 37.2 Å². The van der Waals surface area contributed by atoms with E-state index in [9.17, 15) is 0 Å². The molecule has 1 saturated heterocycles. The van der Waals surface area contributed by atoms with Crippen molar-refractivity contribution in [3.8, 4) is 5.75 Å². The maximum absolute atomic E-state index is 6.48. The van der Waals surface area contributed by atoms with Gasteiger partial charge < -0.3 is 18.6 Å². The molecular weight excluding hydrogens is 508 g/mol. The minimum Gasteiger partial charge on any atom is -0.497 e. The number of rotatable bonds is 11. The lowest BCUT2D eigenvalue weighted by Crippen LogP contribution is -2.42. The highest BCUT2D eigenvalue weighted by molar-refractivity contribution is 9.11. The van der Waals surface area contributed by atoms with Crippen molar-refractivity contribution in [1.29, 1.82) is 0 Å². The number of ether oxygens (including phenoxy) is 3. The van der Waals surface area contributed by atoms with Crippen LogP contribution < -0.4 is 4.74 Å². The van der Waals surface area contributed by atoms with Crippen LogP contribution >= 0.6 is 15.9 Å². The fourth-order valence-corrected chi connectivity index (χ4v) is 5.02. The van der Waals surface area contributed by atoms with Crippen LogP contribution in [0.4, 0.5) is 0 Å². The molecule has 0 unspecified atom stereocenters. The minimum absolute atomic E-state index is 0.0361. The van der Waals surface area contributed by atoms with Gasteiger partial charge in [0.25, 0.3) is 0 Å². The van der Waals surface area contributed by atoms with E-state index in [1.807, 2.05) is 24.3 Å². The van der Waals surface area contributed by atoms with Crippen molar-refractivity contribution in [3.63, 3.8) is 0 Å². The molecule has 34 heavy (non-hydrogen) atoms. The third-order valence-electron chi connectivity index (χ3n) is 6.86. The van der Waals surface area contributed by atoms with Crippen molar-refractivity contribution >= 4 is 24.2 Å². The molecule has 1 aliphatic rings. The normalized spacial score (nSPS) is 21.4. The van der Waals surface area contributed by atoms with E-state index >= 15 is 0 Å². The molecular formula is C28H45BrO4Si. The topological polar surface area (TPSA) is 36.9 Å². The van der Waals surface area contributed by atoms with Gasteiger partial charge >= 0.3 is 0 Å². The van der Waals surface area contributed by atoms with Crippen LogP contribution in [0, 0.1) is 5.41 Å². The van der Waals surface area contributed by atoms with Gasteiger partial charge in [-0.15, -0.1) is 0 Å². The third kappa shape index (κ3) is 9.61. The van der Waals surface area contributed by atoms with Gasteiger partial charge in [0.15, 0.2) is 8.32 Å². The Morgan fingerprint density at radius 1 is 1.09 bits per heavy atom. The number of hydrogen-bond donors (Lipinski definition) is 0. The molecule has 0 saturated carbocycles. The lowest BCUT2D eigenvalue weighted by atomic mass is 9.91. The smallest absolute Gasteiger partial charge is 0.192 e. The van der Waals surface area contributed by atoms with E-state index in [4.69, 9.17) is 18.6 Å². The van der Waals surface area contributed by atoms with Crippen LogP contribution in [0.15, 0.2) is 47.0 Å². The van der Waals surface area contributed by atoms with Crippen LogP contribution in [0.5, 0.6) is 5.75 Å². The number of halogens is 1. The maximum Gasteiger partial charge on any atom is 0.192 e. The first kappa shape index (κ1) is 29.3. The van der Waals surface area contributed by atoms with Gasteiger partial charge in [-0.2, -0.15) is 0 Å². The SMILES string of the molecule is COc1ccc(COCC[C@@H]2C/C(=C/Br)C[C@H](/C=C/C(C)(C)CO[Si](C)(C)C(C)(C)C)O2)cc1. The molecule has 1 aromatic carbocycles. The van der Waals surface area contributed by atoms with Crippen LogP contribution in [0.2, 0.25) is 18.1 Å². The highest BCUT2D eigenvalue weighted by Gasteiger charge is 2.38. The Labute approximate surface area is 217 Å². The molecule has 192 valence electrons. The fourth-order valence-electron chi connectivity index (χ4n) is 3.48. The Kier molecular flexibility index (Phi) is 11.1. The molecule has 2 rings (SSSR count). The zero-order valence-corrected chi connectivity index (χ0v) is 25.0. The molecule has 6 heteroatoms. The molecule has 0 amide bonds. The molecule has 0 radical (unpaired) electrons. The average Bonchev–Trinajstić information content (AvgIpc) is 2.79. The van der Waals surface area contributed by atoms with Crippen LogP contribution in [0.1, 0.15) is 59.4 Å². The van der Waals surface area contributed by atoms with Crippen LogP contribution in [0.3, 0.4) is 0 Å². The molecule has 1 heterocycles. The Balaban J connectivity index is 1.85. The number of methoxy groups -OCH3 is 1. The lowest BCUT2D eigenvalue weighted by molar-refractivity contribution is -0.0268. The van der Waals surface area contributed by atoms with Gasteiger partial charge in [0.05, 0.1) is 25.9 Å². The quantitative estimate of drug-likeness (QED) is 0.158. The van der Waals surface area contributed by atoms with Gasteiger partial charge in [-0.05, 0) is 60.1 Å². The summed E-state index contributed by atoms with van der Waals surface area (Å²) in [5.41, 5.74) is 2.50. The van der Waals surface area contributed by atoms with Crippen molar-refractivity contribution in [3.05, 3.63) is 52.5 Å². The molecule has 0 N–H and O–H groups in total. The molecule has 0 aliphatic carbocycles. The Morgan fingerprint density at radius 2 is 1.76 bits per heavy atom. The summed E-state index contributed by atoms with van der Waals surface area (Å²) in [7, 11) is -0.0813. The highest BCUT2D eigenvalue weighted by Crippen LogP contribution is 2.38. The summed E-state index contributed by atoms with van der Waals surface area (Å²) in [4.78, 5) is 2.06. The zero-order valence-electron chi connectivity index (χ0n) is 22.4. The molecule has 1 fully saturated rings. The van der Waals surface area contributed by atoms with Gasteiger partial charge in [0.2, 0.25) is 0 Å². The van der Waals surface area contributed by atoms with Crippen LogP contribution in [-0.2, 0) is 20.5 Å². The van der Waals surface area contributed by atoms with E-state index in [1.165, 1.54) is 5.57 Å². The summed E-state index contributed by atoms with van der Waals surface area (Å²) in [5.74, 6) is 0.863. The van der Waals surface area contributed by atoms with E-state index in [1.54, 1.807) is 7.11 Å². The average molecular weight is 554 g/mol. The summed E-state index contributed by atoms with van der Waals surface area (Å²) in [5, 5.41) is 0.220. The summed E-state index contributed by atoms with van der Waals surface area (Å²) in [6, 6.07) is 8.01.